The summed E-state index contributed by atoms with van der Waals surface area (Å²) in [7, 11) is 0. The highest BCUT2D eigenvalue weighted by atomic mass is 79.9. The minimum Gasteiger partial charge on any atom is -0.348 e. The first-order valence-electron chi connectivity index (χ1n) is 7.03. The number of fused-ring (bicyclic) bond motifs is 1. The number of halogens is 1. The van der Waals surface area contributed by atoms with Crippen LogP contribution in [0.2, 0.25) is 0 Å². The van der Waals surface area contributed by atoms with Gasteiger partial charge in [-0.05, 0) is 36.1 Å². The molecule has 0 unspecified atom stereocenters. The molecule has 118 valence electrons. The molecule has 3 aromatic rings. The van der Waals surface area contributed by atoms with Gasteiger partial charge in [0.25, 0.3) is 5.56 Å². The molecular formula is C16H14BrN3O2S. The monoisotopic (exact) mass is 391 g/mol. The van der Waals surface area contributed by atoms with E-state index >= 15 is 0 Å². The molecule has 1 amide bonds. The van der Waals surface area contributed by atoms with Crippen molar-refractivity contribution in [1.29, 1.82) is 0 Å². The van der Waals surface area contributed by atoms with E-state index in [0.717, 1.165) is 14.7 Å². The second kappa shape index (κ2) is 6.64. The third-order valence-electron chi connectivity index (χ3n) is 3.52. The SMILES string of the molecule is C[C@H](NC(=O)Cn1ncc2sccc2c1=O)c1ccc(Br)cc1. The average molecular weight is 392 g/mol. The molecule has 0 saturated heterocycles. The molecule has 0 bridgehead atoms. The number of aromatic nitrogens is 2. The average Bonchev–Trinajstić information content (AvgIpc) is 3.00. The molecule has 2 aromatic heterocycles. The highest BCUT2D eigenvalue weighted by Gasteiger charge is 2.12. The summed E-state index contributed by atoms with van der Waals surface area (Å²) < 4.78 is 3.01. The maximum Gasteiger partial charge on any atom is 0.275 e. The Morgan fingerprint density at radius 3 is 2.83 bits per heavy atom. The second-order valence-electron chi connectivity index (χ2n) is 5.15. The van der Waals surface area contributed by atoms with Crippen molar-refractivity contribution in [3.63, 3.8) is 0 Å². The topological polar surface area (TPSA) is 64.0 Å². The third-order valence-corrected chi connectivity index (χ3v) is 4.90. The van der Waals surface area contributed by atoms with Crippen LogP contribution in [0.15, 0.2) is 51.2 Å². The zero-order valence-electron chi connectivity index (χ0n) is 12.3. The molecule has 3 rings (SSSR count). The van der Waals surface area contributed by atoms with Crippen molar-refractivity contribution in [2.45, 2.75) is 19.5 Å². The van der Waals surface area contributed by atoms with E-state index in [2.05, 4.69) is 26.3 Å². The van der Waals surface area contributed by atoms with Crippen LogP contribution < -0.4 is 10.9 Å². The molecule has 0 aliphatic heterocycles. The van der Waals surface area contributed by atoms with Gasteiger partial charge in [-0.25, -0.2) is 4.68 Å². The Kier molecular flexibility index (Phi) is 4.58. The molecular weight excluding hydrogens is 378 g/mol. The number of hydrogen-bond donors (Lipinski definition) is 1. The fourth-order valence-electron chi connectivity index (χ4n) is 2.28. The molecule has 1 atom stereocenters. The normalized spacial score (nSPS) is 12.3. The molecule has 1 N–H and O–H groups in total. The van der Waals surface area contributed by atoms with Gasteiger partial charge in [0.2, 0.25) is 5.91 Å². The van der Waals surface area contributed by atoms with Crippen molar-refractivity contribution in [3.05, 3.63) is 62.3 Å². The van der Waals surface area contributed by atoms with E-state index in [1.54, 1.807) is 12.3 Å². The Hall–Kier alpha value is -1.99. The number of thiophene rings is 1. The number of nitrogens with one attached hydrogen (secondary N) is 1. The zero-order valence-corrected chi connectivity index (χ0v) is 14.7. The van der Waals surface area contributed by atoms with Crippen LogP contribution in [0.25, 0.3) is 10.1 Å². The molecule has 0 aliphatic rings. The summed E-state index contributed by atoms with van der Waals surface area (Å²) in [5, 5.41) is 9.38. The summed E-state index contributed by atoms with van der Waals surface area (Å²) in [6, 6.07) is 9.34. The Labute approximate surface area is 145 Å². The Balaban J connectivity index is 1.72. The van der Waals surface area contributed by atoms with Crippen LogP contribution in [0.3, 0.4) is 0 Å². The standard InChI is InChI=1S/C16H14BrN3O2S/c1-10(11-2-4-12(17)5-3-11)19-15(21)9-20-16(22)13-6-7-23-14(13)8-18-20/h2-8,10H,9H2,1H3,(H,19,21)/t10-/m0/s1. The maximum absolute atomic E-state index is 12.2. The van der Waals surface area contributed by atoms with Gasteiger partial charge in [0, 0.05) is 4.47 Å². The van der Waals surface area contributed by atoms with Crippen molar-refractivity contribution in [2.24, 2.45) is 0 Å². The van der Waals surface area contributed by atoms with Gasteiger partial charge in [0.15, 0.2) is 0 Å². The number of carbonyl (C=O) groups excluding carboxylic acids is 1. The van der Waals surface area contributed by atoms with Gasteiger partial charge in [-0.15, -0.1) is 11.3 Å². The zero-order chi connectivity index (χ0) is 16.4. The van der Waals surface area contributed by atoms with Crippen LogP contribution in [0.5, 0.6) is 0 Å². The number of hydrogen-bond acceptors (Lipinski definition) is 4. The van der Waals surface area contributed by atoms with Crippen molar-refractivity contribution < 1.29 is 4.79 Å². The summed E-state index contributed by atoms with van der Waals surface area (Å²) in [6.07, 6.45) is 1.62. The lowest BCUT2D eigenvalue weighted by atomic mass is 10.1. The largest absolute Gasteiger partial charge is 0.348 e. The highest BCUT2D eigenvalue weighted by molar-refractivity contribution is 9.10. The van der Waals surface area contributed by atoms with Gasteiger partial charge >= 0.3 is 0 Å². The summed E-state index contributed by atoms with van der Waals surface area (Å²) >= 11 is 4.84. The minimum atomic E-state index is -0.246. The molecule has 0 aliphatic carbocycles. The third kappa shape index (κ3) is 3.51. The first-order chi connectivity index (χ1) is 11.0. The van der Waals surface area contributed by atoms with Crippen molar-refractivity contribution in [1.82, 2.24) is 15.1 Å². The number of benzene rings is 1. The predicted octanol–water partition coefficient (Wildman–Crippen LogP) is 3.10. The van der Waals surface area contributed by atoms with Gasteiger partial charge in [-0.1, -0.05) is 28.1 Å². The molecule has 1 aromatic carbocycles. The molecule has 5 nitrogen and oxygen atoms in total. The summed E-state index contributed by atoms with van der Waals surface area (Å²) in [5.41, 5.74) is 0.755. The van der Waals surface area contributed by atoms with Crippen LogP contribution in [0.1, 0.15) is 18.5 Å². The first kappa shape index (κ1) is 15.9. The van der Waals surface area contributed by atoms with E-state index in [9.17, 15) is 9.59 Å². The summed E-state index contributed by atoms with van der Waals surface area (Å²) in [6.45, 7) is 1.81. The predicted molar refractivity (Wildman–Crippen MR) is 94.6 cm³/mol. The second-order valence-corrected chi connectivity index (χ2v) is 7.01. The molecule has 23 heavy (non-hydrogen) atoms. The summed E-state index contributed by atoms with van der Waals surface area (Å²) in [4.78, 5) is 24.4. The van der Waals surface area contributed by atoms with Crippen LogP contribution in [-0.2, 0) is 11.3 Å². The lowest BCUT2D eigenvalue weighted by molar-refractivity contribution is -0.122. The van der Waals surface area contributed by atoms with E-state index in [1.807, 2.05) is 36.6 Å². The maximum atomic E-state index is 12.2. The lowest BCUT2D eigenvalue weighted by Crippen LogP contribution is -2.34. The van der Waals surface area contributed by atoms with Crippen LogP contribution in [-0.4, -0.2) is 15.7 Å². The van der Waals surface area contributed by atoms with Gasteiger partial charge in [0.1, 0.15) is 6.54 Å². The number of nitrogens with zero attached hydrogens (tertiary/aromatic N) is 2. The lowest BCUT2D eigenvalue weighted by Gasteiger charge is -2.14. The first-order valence-corrected chi connectivity index (χ1v) is 8.70. The molecule has 0 saturated carbocycles. The van der Waals surface area contributed by atoms with E-state index in [-0.39, 0.29) is 24.1 Å². The van der Waals surface area contributed by atoms with Gasteiger partial charge < -0.3 is 5.32 Å². The number of rotatable bonds is 4. The number of amides is 1. The van der Waals surface area contributed by atoms with Crippen molar-refractivity contribution in [2.75, 3.05) is 0 Å². The Morgan fingerprint density at radius 1 is 1.35 bits per heavy atom. The molecule has 0 fully saturated rings. The van der Waals surface area contributed by atoms with E-state index < -0.39 is 0 Å². The quantitative estimate of drug-likeness (QED) is 0.742. The fourth-order valence-corrected chi connectivity index (χ4v) is 3.29. The fraction of sp³-hybridized carbons (Fsp3) is 0.188. The number of carbonyl (C=O) groups is 1. The Bertz CT molecular complexity index is 902. The van der Waals surface area contributed by atoms with Crippen molar-refractivity contribution >= 4 is 43.3 Å². The smallest absolute Gasteiger partial charge is 0.275 e. The van der Waals surface area contributed by atoms with Gasteiger partial charge in [-0.3, -0.25) is 9.59 Å². The highest BCUT2D eigenvalue weighted by Crippen LogP contribution is 2.17. The van der Waals surface area contributed by atoms with E-state index in [1.165, 1.54) is 16.0 Å². The van der Waals surface area contributed by atoms with Crippen LogP contribution in [0.4, 0.5) is 0 Å². The molecule has 0 spiro atoms. The Morgan fingerprint density at radius 2 is 2.09 bits per heavy atom. The van der Waals surface area contributed by atoms with Gasteiger partial charge in [0.05, 0.1) is 22.3 Å². The van der Waals surface area contributed by atoms with Crippen LogP contribution in [0, 0.1) is 0 Å². The van der Waals surface area contributed by atoms with Crippen molar-refractivity contribution in [3.8, 4) is 0 Å². The molecule has 7 heteroatoms. The molecule has 0 radical (unpaired) electrons. The van der Waals surface area contributed by atoms with Crippen LogP contribution >= 0.6 is 27.3 Å². The summed E-state index contributed by atoms with van der Waals surface area (Å²) in [5.74, 6) is -0.246. The van der Waals surface area contributed by atoms with E-state index in [4.69, 9.17) is 0 Å². The minimum absolute atomic E-state index is 0.0918. The van der Waals surface area contributed by atoms with E-state index in [0.29, 0.717) is 5.39 Å². The molecule has 2 heterocycles. The van der Waals surface area contributed by atoms with Gasteiger partial charge in [-0.2, -0.15) is 5.10 Å².